The average molecular weight is 375 g/mol. The van der Waals surface area contributed by atoms with Crippen molar-refractivity contribution in [1.29, 1.82) is 0 Å². The highest BCUT2D eigenvalue weighted by molar-refractivity contribution is 6.07. The molecule has 6 nitrogen and oxygen atoms in total. The van der Waals surface area contributed by atoms with Crippen LogP contribution in [0.3, 0.4) is 0 Å². The first-order chi connectivity index (χ1) is 13.7. The van der Waals surface area contributed by atoms with Gasteiger partial charge in [0, 0.05) is 17.6 Å². The van der Waals surface area contributed by atoms with E-state index in [9.17, 15) is 9.59 Å². The number of hydrogen-bond acceptors (Lipinski definition) is 4. The lowest BCUT2D eigenvalue weighted by atomic mass is 10.0. The first-order valence-electron chi connectivity index (χ1n) is 9.73. The van der Waals surface area contributed by atoms with Gasteiger partial charge < -0.3 is 14.6 Å². The van der Waals surface area contributed by atoms with E-state index in [-0.39, 0.29) is 36.1 Å². The molecule has 28 heavy (non-hydrogen) atoms. The summed E-state index contributed by atoms with van der Waals surface area (Å²) in [6.07, 6.45) is 5.37. The van der Waals surface area contributed by atoms with Crippen LogP contribution in [0.2, 0.25) is 0 Å². The number of amides is 2. The monoisotopic (exact) mass is 375 g/mol. The summed E-state index contributed by atoms with van der Waals surface area (Å²) >= 11 is 0. The molecular weight excluding hydrogens is 354 g/mol. The number of aromatic nitrogens is 1. The molecule has 1 heterocycles. The van der Waals surface area contributed by atoms with Gasteiger partial charge in [0.2, 0.25) is 5.89 Å². The van der Waals surface area contributed by atoms with Gasteiger partial charge >= 0.3 is 0 Å². The molecule has 0 atom stereocenters. The van der Waals surface area contributed by atoms with Gasteiger partial charge in [-0.05, 0) is 42.5 Å². The Morgan fingerprint density at radius 3 is 2.64 bits per heavy atom. The average Bonchev–Trinajstić information content (AvgIpc) is 3.65. The van der Waals surface area contributed by atoms with Crippen molar-refractivity contribution in [1.82, 2.24) is 15.2 Å². The number of rotatable bonds is 6. The third-order valence-corrected chi connectivity index (χ3v) is 5.27. The van der Waals surface area contributed by atoms with Crippen LogP contribution in [0, 0.1) is 0 Å². The topological polar surface area (TPSA) is 75.4 Å². The van der Waals surface area contributed by atoms with Crippen molar-refractivity contribution >= 4 is 22.6 Å². The summed E-state index contributed by atoms with van der Waals surface area (Å²) in [5.41, 5.74) is 0.957. The van der Waals surface area contributed by atoms with E-state index in [1.807, 2.05) is 47.4 Å². The fourth-order valence-corrected chi connectivity index (χ4v) is 3.44. The number of carbonyl (C=O) groups is 2. The summed E-state index contributed by atoms with van der Waals surface area (Å²) in [6, 6.07) is 14.1. The van der Waals surface area contributed by atoms with Gasteiger partial charge in [-0.25, -0.2) is 4.98 Å². The van der Waals surface area contributed by atoms with Gasteiger partial charge in [0.1, 0.15) is 6.26 Å². The minimum absolute atomic E-state index is 0.0264. The lowest BCUT2D eigenvalue weighted by Gasteiger charge is -2.21. The van der Waals surface area contributed by atoms with Gasteiger partial charge in [-0.2, -0.15) is 0 Å². The second-order valence-corrected chi connectivity index (χ2v) is 7.57. The Morgan fingerprint density at radius 1 is 1.07 bits per heavy atom. The molecule has 0 saturated heterocycles. The van der Waals surface area contributed by atoms with E-state index in [4.69, 9.17) is 4.42 Å². The molecule has 1 aromatic heterocycles. The molecule has 2 amide bonds. The first-order valence-corrected chi connectivity index (χ1v) is 9.73. The third-order valence-electron chi connectivity index (χ3n) is 5.27. The first kappa shape index (κ1) is 17.0. The van der Waals surface area contributed by atoms with Gasteiger partial charge in [0.25, 0.3) is 11.8 Å². The quantitative estimate of drug-likeness (QED) is 0.715. The van der Waals surface area contributed by atoms with E-state index in [0.717, 1.165) is 36.5 Å². The van der Waals surface area contributed by atoms with E-state index in [1.165, 1.54) is 6.26 Å². The molecule has 6 heteroatoms. The van der Waals surface area contributed by atoms with Crippen molar-refractivity contribution in [2.75, 3.05) is 0 Å². The molecule has 0 radical (unpaired) electrons. The molecule has 0 spiro atoms. The van der Waals surface area contributed by atoms with Crippen molar-refractivity contribution < 1.29 is 14.0 Å². The van der Waals surface area contributed by atoms with Crippen molar-refractivity contribution in [3.8, 4) is 0 Å². The van der Waals surface area contributed by atoms with Crippen LogP contribution in [0.25, 0.3) is 10.8 Å². The fourth-order valence-electron chi connectivity index (χ4n) is 3.44. The number of nitrogens with zero attached hydrogens (tertiary/aromatic N) is 2. The standard InChI is InChI=1S/C22H21N3O3/c26-21(23-15-8-9-15)19-13-28-20(24-19)12-25(16-10-11-16)22(27)18-7-3-5-14-4-1-2-6-17(14)18/h1-7,13,15-16H,8-12H2,(H,23,26). The molecule has 0 aliphatic heterocycles. The van der Waals surface area contributed by atoms with Crippen molar-refractivity contribution in [3.63, 3.8) is 0 Å². The maximum atomic E-state index is 13.3. The lowest BCUT2D eigenvalue weighted by Crippen LogP contribution is -2.33. The Hall–Kier alpha value is -3.15. The maximum Gasteiger partial charge on any atom is 0.273 e. The predicted molar refractivity (Wildman–Crippen MR) is 104 cm³/mol. The van der Waals surface area contributed by atoms with E-state index in [1.54, 1.807) is 0 Å². The molecule has 2 saturated carbocycles. The zero-order valence-corrected chi connectivity index (χ0v) is 15.4. The van der Waals surface area contributed by atoms with Crippen LogP contribution in [-0.4, -0.2) is 33.8 Å². The van der Waals surface area contributed by atoms with Crippen LogP contribution in [0.5, 0.6) is 0 Å². The van der Waals surface area contributed by atoms with Crippen LogP contribution in [0.1, 0.15) is 52.4 Å². The fraction of sp³-hybridized carbons (Fsp3) is 0.318. The third kappa shape index (κ3) is 3.38. The van der Waals surface area contributed by atoms with E-state index < -0.39 is 0 Å². The summed E-state index contributed by atoms with van der Waals surface area (Å²) < 4.78 is 5.50. The lowest BCUT2D eigenvalue weighted by molar-refractivity contribution is 0.0716. The van der Waals surface area contributed by atoms with E-state index in [2.05, 4.69) is 10.3 Å². The summed E-state index contributed by atoms with van der Waals surface area (Å²) in [5.74, 6) is 0.152. The number of carbonyl (C=O) groups excluding carboxylic acids is 2. The van der Waals surface area contributed by atoms with Crippen LogP contribution < -0.4 is 5.32 Å². The highest BCUT2D eigenvalue weighted by atomic mass is 16.3. The second kappa shape index (κ2) is 6.78. The molecule has 5 rings (SSSR count). The minimum atomic E-state index is -0.212. The number of fused-ring (bicyclic) bond motifs is 1. The molecule has 142 valence electrons. The van der Waals surface area contributed by atoms with Gasteiger partial charge in [-0.1, -0.05) is 36.4 Å². The zero-order chi connectivity index (χ0) is 19.1. The van der Waals surface area contributed by atoms with Crippen molar-refractivity contribution in [2.45, 2.75) is 44.3 Å². The van der Waals surface area contributed by atoms with Gasteiger partial charge in [0.15, 0.2) is 5.69 Å². The second-order valence-electron chi connectivity index (χ2n) is 7.57. The molecular formula is C22H21N3O3. The summed E-state index contributed by atoms with van der Waals surface area (Å²) in [6.45, 7) is 0.267. The Morgan fingerprint density at radius 2 is 1.86 bits per heavy atom. The van der Waals surface area contributed by atoms with Crippen molar-refractivity contribution in [3.05, 3.63) is 65.9 Å². The molecule has 2 aliphatic carbocycles. The van der Waals surface area contributed by atoms with Crippen LogP contribution in [0.4, 0.5) is 0 Å². The molecule has 2 aliphatic rings. The van der Waals surface area contributed by atoms with Gasteiger partial charge in [0.05, 0.1) is 6.54 Å². The molecule has 2 fully saturated rings. The highest BCUT2D eigenvalue weighted by Gasteiger charge is 2.35. The van der Waals surface area contributed by atoms with Crippen LogP contribution in [-0.2, 0) is 6.54 Å². The normalized spacial score (nSPS) is 16.1. The van der Waals surface area contributed by atoms with Crippen LogP contribution >= 0.6 is 0 Å². The van der Waals surface area contributed by atoms with Gasteiger partial charge in [-0.15, -0.1) is 0 Å². The minimum Gasteiger partial charge on any atom is -0.446 e. The zero-order valence-electron chi connectivity index (χ0n) is 15.4. The highest BCUT2D eigenvalue weighted by Crippen LogP contribution is 2.31. The number of benzene rings is 2. The maximum absolute atomic E-state index is 13.3. The number of nitrogens with one attached hydrogen (secondary N) is 1. The smallest absolute Gasteiger partial charge is 0.273 e. The molecule has 2 aromatic carbocycles. The van der Waals surface area contributed by atoms with E-state index >= 15 is 0 Å². The molecule has 1 N–H and O–H groups in total. The van der Waals surface area contributed by atoms with Crippen molar-refractivity contribution in [2.24, 2.45) is 0 Å². The van der Waals surface area contributed by atoms with Gasteiger partial charge in [-0.3, -0.25) is 9.59 Å². The van der Waals surface area contributed by atoms with Crippen LogP contribution in [0.15, 0.2) is 53.1 Å². The number of oxazole rings is 1. The Bertz CT molecular complexity index is 1040. The molecule has 0 unspecified atom stereocenters. The summed E-state index contributed by atoms with van der Waals surface area (Å²) in [4.78, 5) is 31.6. The summed E-state index contributed by atoms with van der Waals surface area (Å²) in [5, 5.41) is 4.88. The Balaban J connectivity index is 1.38. The molecule has 0 bridgehead atoms. The number of hydrogen-bond donors (Lipinski definition) is 1. The molecule has 3 aromatic rings. The summed E-state index contributed by atoms with van der Waals surface area (Å²) in [7, 11) is 0. The SMILES string of the molecule is O=C(NC1CC1)c1coc(CN(C(=O)c2cccc3ccccc23)C2CC2)n1. The Labute approximate surface area is 162 Å². The predicted octanol–water partition coefficient (Wildman–Crippen LogP) is 3.52. The largest absolute Gasteiger partial charge is 0.446 e. The Kier molecular flexibility index (Phi) is 4.11. The van der Waals surface area contributed by atoms with E-state index in [0.29, 0.717) is 11.5 Å².